The van der Waals surface area contributed by atoms with Crippen molar-refractivity contribution in [2.45, 2.75) is 64.1 Å². The standard InChI is InChI=1S/C35H49N5O6.ClH/c1-26(36)27-7-6-8-30(24-27)46-19-5-3-2-4-18-44-21-22-45-20-17-38-13-15-39(16-14-38)29-9-10-31-28(23-29)25-40(35(31)43)32-11-12-33(41)37-34(32)42;/h6-10,23-24,26,32H,2-5,11-22,25,36H2,1H3,(H,37,41,42);1H/t26-,32?;/m1./s1. The molecule has 3 heterocycles. The molecule has 47 heavy (non-hydrogen) atoms. The lowest BCUT2D eigenvalue weighted by atomic mass is 10.0. The number of hydrogen-bond acceptors (Lipinski definition) is 9. The van der Waals surface area contributed by atoms with Crippen LogP contribution in [0.5, 0.6) is 5.75 Å². The minimum absolute atomic E-state index is 0. The van der Waals surface area contributed by atoms with E-state index in [9.17, 15) is 14.4 Å². The van der Waals surface area contributed by atoms with Gasteiger partial charge in [0, 0.05) is 69.6 Å². The normalized spacial score (nSPS) is 18.9. The third-order valence-electron chi connectivity index (χ3n) is 9.00. The van der Waals surface area contributed by atoms with Crippen LogP contribution in [0.2, 0.25) is 0 Å². The lowest BCUT2D eigenvalue weighted by Gasteiger charge is -2.36. The van der Waals surface area contributed by atoms with Gasteiger partial charge < -0.3 is 29.7 Å². The molecule has 3 amide bonds. The van der Waals surface area contributed by atoms with E-state index in [0.29, 0.717) is 38.3 Å². The smallest absolute Gasteiger partial charge is 0.255 e. The highest BCUT2D eigenvalue weighted by molar-refractivity contribution is 6.05. The van der Waals surface area contributed by atoms with Crippen molar-refractivity contribution in [2.75, 3.05) is 70.7 Å². The zero-order valence-corrected chi connectivity index (χ0v) is 28.3. The molecule has 3 N–H and O–H groups in total. The van der Waals surface area contributed by atoms with Crippen molar-refractivity contribution < 1.29 is 28.6 Å². The van der Waals surface area contributed by atoms with Crippen molar-refractivity contribution in [3.05, 3.63) is 59.2 Å². The van der Waals surface area contributed by atoms with E-state index in [2.05, 4.69) is 21.2 Å². The second-order valence-electron chi connectivity index (χ2n) is 12.4. The lowest BCUT2D eigenvalue weighted by Crippen LogP contribution is -2.52. The molecule has 258 valence electrons. The number of piperazine rings is 1. The molecule has 1 unspecified atom stereocenters. The lowest BCUT2D eigenvalue weighted by molar-refractivity contribution is -0.136. The van der Waals surface area contributed by atoms with E-state index in [1.54, 1.807) is 4.90 Å². The number of unbranched alkanes of at least 4 members (excludes halogenated alkanes) is 3. The monoisotopic (exact) mass is 671 g/mol. The fourth-order valence-electron chi connectivity index (χ4n) is 6.24. The average Bonchev–Trinajstić information content (AvgIpc) is 3.38. The van der Waals surface area contributed by atoms with Gasteiger partial charge in [-0.05, 0) is 74.1 Å². The van der Waals surface area contributed by atoms with Gasteiger partial charge in [-0.15, -0.1) is 12.4 Å². The molecule has 2 aromatic rings. The quantitative estimate of drug-likeness (QED) is 0.191. The number of anilines is 1. The molecule has 0 bridgehead atoms. The maximum absolute atomic E-state index is 13.0. The number of hydrogen-bond donors (Lipinski definition) is 2. The number of carbonyl (C=O) groups is 3. The van der Waals surface area contributed by atoms with Crippen LogP contribution in [-0.4, -0.2) is 99.3 Å². The number of amides is 3. The van der Waals surface area contributed by atoms with E-state index in [1.165, 1.54) is 0 Å². The first-order chi connectivity index (χ1) is 22.4. The molecule has 12 heteroatoms. The number of nitrogens with zero attached hydrogens (tertiary/aromatic N) is 3. The van der Waals surface area contributed by atoms with Crippen molar-refractivity contribution >= 4 is 35.8 Å². The Morgan fingerprint density at radius 3 is 2.38 bits per heavy atom. The van der Waals surface area contributed by atoms with Crippen LogP contribution in [0.3, 0.4) is 0 Å². The summed E-state index contributed by atoms with van der Waals surface area (Å²) in [6.07, 6.45) is 4.95. The zero-order chi connectivity index (χ0) is 32.3. The van der Waals surface area contributed by atoms with E-state index in [0.717, 1.165) is 94.2 Å². The fraction of sp³-hybridized carbons (Fsp3) is 0.571. The Labute approximate surface area is 284 Å². The van der Waals surface area contributed by atoms with E-state index in [1.807, 2.05) is 43.3 Å². The number of ether oxygens (including phenoxy) is 3. The first kappa shape index (κ1) is 36.6. The topological polar surface area (TPSA) is 127 Å². The first-order valence-electron chi connectivity index (χ1n) is 16.8. The van der Waals surface area contributed by atoms with E-state index in [4.69, 9.17) is 19.9 Å². The number of nitrogens with two attached hydrogens (primary N) is 1. The van der Waals surface area contributed by atoms with E-state index >= 15 is 0 Å². The summed E-state index contributed by atoms with van der Waals surface area (Å²) in [6, 6.07) is 13.4. The second kappa shape index (κ2) is 18.4. The molecule has 0 spiro atoms. The maximum atomic E-state index is 13.0. The number of benzene rings is 2. The predicted molar refractivity (Wildman–Crippen MR) is 183 cm³/mol. The van der Waals surface area contributed by atoms with Gasteiger partial charge in [0.2, 0.25) is 11.8 Å². The molecule has 2 atom stereocenters. The Morgan fingerprint density at radius 1 is 0.894 bits per heavy atom. The van der Waals surface area contributed by atoms with Crippen molar-refractivity contribution in [1.29, 1.82) is 0 Å². The number of imide groups is 1. The summed E-state index contributed by atoms with van der Waals surface area (Å²) in [6.45, 7) is 10.4. The molecular weight excluding hydrogens is 622 g/mol. The largest absolute Gasteiger partial charge is 0.494 e. The van der Waals surface area contributed by atoms with Crippen LogP contribution in [-0.2, 0) is 25.6 Å². The third kappa shape index (κ3) is 10.4. The molecular formula is C35H50ClN5O6. The van der Waals surface area contributed by atoms with Gasteiger partial charge in [0.15, 0.2) is 0 Å². The van der Waals surface area contributed by atoms with Gasteiger partial charge in [0.1, 0.15) is 11.8 Å². The number of fused-ring (bicyclic) bond motifs is 1. The first-order valence-corrected chi connectivity index (χ1v) is 16.8. The Balaban J connectivity index is 0.00000500. The van der Waals surface area contributed by atoms with Crippen molar-refractivity contribution in [3.63, 3.8) is 0 Å². The SMILES string of the molecule is C[C@@H](N)c1cccc(OCCCCCCOCCOCCN2CCN(c3ccc4c(c3)CN(C3CCC(=O)NC3=O)C4=O)CC2)c1.Cl. The molecule has 0 aromatic heterocycles. The molecule has 11 nitrogen and oxygen atoms in total. The van der Waals surface area contributed by atoms with Crippen LogP contribution >= 0.6 is 12.4 Å². The summed E-state index contributed by atoms with van der Waals surface area (Å²) in [5, 5.41) is 2.36. The number of carbonyl (C=O) groups excluding carboxylic acids is 3. The molecule has 2 fully saturated rings. The fourth-order valence-corrected chi connectivity index (χ4v) is 6.24. The Bertz CT molecular complexity index is 1340. The molecule has 2 aromatic carbocycles. The van der Waals surface area contributed by atoms with Gasteiger partial charge in [0.05, 0.1) is 26.4 Å². The molecule has 0 radical (unpaired) electrons. The summed E-state index contributed by atoms with van der Waals surface area (Å²) < 4.78 is 17.4. The predicted octanol–water partition coefficient (Wildman–Crippen LogP) is 3.68. The van der Waals surface area contributed by atoms with Gasteiger partial charge in [-0.25, -0.2) is 0 Å². The van der Waals surface area contributed by atoms with Gasteiger partial charge in [0.25, 0.3) is 5.91 Å². The number of nitrogens with one attached hydrogen (secondary N) is 1. The van der Waals surface area contributed by atoms with Crippen molar-refractivity contribution in [1.82, 2.24) is 15.1 Å². The van der Waals surface area contributed by atoms with Gasteiger partial charge >= 0.3 is 0 Å². The van der Waals surface area contributed by atoms with Gasteiger partial charge in [-0.1, -0.05) is 18.6 Å². The number of rotatable bonds is 17. The van der Waals surface area contributed by atoms with Gasteiger partial charge in [-0.2, -0.15) is 0 Å². The maximum Gasteiger partial charge on any atom is 0.255 e. The van der Waals surface area contributed by atoms with E-state index in [-0.39, 0.29) is 42.6 Å². The highest BCUT2D eigenvalue weighted by atomic mass is 35.5. The van der Waals surface area contributed by atoms with Crippen molar-refractivity contribution in [2.24, 2.45) is 5.73 Å². The number of halogens is 1. The van der Waals surface area contributed by atoms with Crippen LogP contribution in [0.25, 0.3) is 0 Å². The summed E-state index contributed by atoms with van der Waals surface area (Å²) in [7, 11) is 0. The molecule has 5 rings (SSSR count). The highest BCUT2D eigenvalue weighted by Gasteiger charge is 2.39. The molecule has 2 saturated heterocycles. The van der Waals surface area contributed by atoms with Crippen LogP contribution in [0.1, 0.15) is 73.0 Å². The summed E-state index contributed by atoms with van der Waals surface area (Å²) in [5.74, 6) is 0.0985. The number of piperidine rings is 1. The Hall–Kier alpha value is -3.22. The summed E-state index contributed by atoms with van der Waals surface area (Å²) in [4.78, 5) is 43.2. The zero-order valence-electron chi connectivity index (χ0n) is 27.5. The molecule has 0 aliphatic carbocycles. The average molecular weight is 672 g/mol. The van der Waals surface area contributed by atoms with Crippen LogP contribution in [0.4, 0.5) is 5.69 Å². The Kier molecular flexibility index (Phi) is 14.3. The molecule has 0 saturated carbocycles. The third-order valence-corrected chi connectivity index (χ3v) is 9.00. The Morgan fingerprint density at radius 2 is 1.64 bits per heavy atom. The van der Waals surface area contributed by atoms with Crippen LogP contribution in [0, 0.1) is 0 Å². The highest BCUT2D eigenvalue weighted by Crippen LogP contribution is 2.31. The molecule has 3 aliphatic heterocycles. The minimum atomic E-state index is -0.587. The van der Waals surface area contributed by atoms with Crippen LogP contribution in [0.15, 0.2) is 42.5 Å². The second-order valence-corrected chi connectivity index (χ2v) is 12.4. The van der Waals surface area contributed by atoms with Gasteiger partial charge in [-0.3, -0.25) is 24.6 Å². The minimum Gasteiger partial charge on any atom is -0.494 e. The van der Waals surface area contributed by atoms with Crippen LogP contribution < -0.4 is 20.7 Å². The van der Waals surface area contributed by atoms with Crippen molar-refractivity contribution in [3.8, 4) is 5.75 Å². The summed E-state index contributed by atoms with van der Waals surface area (Å²) >= 11 is 0. The summed E-state index contributed by atoms with van der Waals surface area (Å²) in [5.41, 5.74) is 9.72. The van der Waals surface area contributed by atoms with E-state index < -0.39 is 6.04 Å². The molecule has 3 aliphatic rings.